The maximum absolute atomic E-state index is 12.7. The van der Waals surface area contributed by atoms with Gasteiger partial charge in [0.2, 0.25) is 0 Å². The standard InChI is InChI=1S/C15H22F6O3.C3H6/c1-2-12(22)24-11(10-6-4-3-5-7-10)8-9-13(23,14(16,17)18)15(19,20)21;1-3-2/h10-11,23H,2-9H2,1H3;3H,1H2,2H3. The molecular formula is C18H28F6O3. The van der Waals surface area contributed by atoms with Gasteiger partial charge in [-0.25, -0.2) is 0 Å². The lowest BCUT2D eigenvalue weighted by Gasteiger charge is -2.35. The third-order valence-electron chi connectivity index (χ3n) is 4.48. The average Bonchev–Trinajstić information content (AvgIpc) is 2.57. The van der Waals surface area contributed by atoms with Gasteiger partial charge in [0.1, 0.15) is 6.10 Å². The fourth-order valence-electron chi connectivity index (χ4n) is 2.94. The monoisotopic (exact) mass is 406 g/mol. The molecular weight excluding hydrogens is 378 g/mol. The van der Waals surface area contributed by atoms with Crippen LogP contribution in [0.5, 0.6) is 0 Å². The summed E-state index contributed by atoms with van der Waals surface area (Å²) in [5.74, 6) is -0.951. The van der Waals surface area contributed by atoms with Crippen LogP contribution in [-0.4, -0.2) is 35.1 Å². The molecule has 0 bridgehead atoms. The van der Waals surface area contributed by atoms with Gasteiger partial charge in [-0.15, -0.1) is 6.58 Å². The predicted octanol–water partition coefficient (Wildman–Crippen LogP) is 5.72. The maximum Gasteiger partial charge on any atom is 0.426 e. The van der Waals surface area contributed by atoms with Crippen molar-refractivity contribution in [3.8, 4) is 0 Å². The van der Waals surface area contributed by atoms with E-state index in [1.54, 1.807) is 6.08 Å². The Balaban J connectivity index is 0.00000210. The molecule has 0 aromatic heterocycles. The highest BCUT2D eigenvalue weighted by atomic mass is 19.4. The first-order valence-corrected chi connectivity index (χ1v) is 8.96. The van der Waals surface area contributed by atoms with Crippen LogP contribution in [0.15, 0.2) is 12.7 Å². The van der Waals surface area contributed by atoms with Crippen LogP contribution < -0.4 is 0 Å². The summed E-state index contributed by atoms with van der Waals surface area (Å²) < 4.78 is 81.5. The van der Waals surface area contributed by atoms with Crippen LogP contribution in [0.1, 0.15) is 65.2 Å². The SMILES string of the molecule is C=CC.CCC(=O)OC(CCC(O)(C(F)(F)F)C(F)(F)F)C1CCCCC1. The number of aliphatic hydroxyl groups is 1. The molecule has 1 saturated carbocycles. The van der Waals surface area contributed by atoms with Crippen LogP contribution in [0.3, 0.4) is 0 Å². The van der Waals surface area contributed by atoms with Crippen LogP contribution in [0.25, 0.3) is 0 Å². The molecule has 160 valence electrons. The summed E-state index contributed by atoms with van der Waals surface area (Å²) in [6, 6.07) is 0. The molecule has 1 aliphatic carbocycles. The van der Waals surface area contributed by atoms with Gasteiger partial charge in [-0.05, 0) is 38.5 Å². The molecule has 1 rings (SSSR count). The number of hydrogen-bond donors (Lipinski definition) is 1. The van der Waals surface area contributed by atoms with E-state index in [2.05, 4.69) is 6.58 Å². The Morgan fingerprint density at radius 3 is 1.96 bits per heavy atom. The van der Waals surface area contributed by atoms with Gasteiger partial charge in [-0.2, -0.15) is 26.3 Å². The normalized spacial score (nSPS) is 17.5. The smallest absolute Gasteiger partial charge is 0.426 e. The van der Waals surface area contributed by atoms with Gasteiger partial charge in [-0.3, -0.25) is 4.79 Å². The largest absolute Gasteiger partial charge is 0.462 e. The predicted molar refractivity (Wildman–Crippen MR) is 88.9 cm³/mol. The lowest BCUT2D eigenvalue weighted by molar-refractivity contribution is -0.370. The summed E-state index contributed by atoms with van der Waals surface area (Å²) in [6.07, 6.45) is -9.63. The summed E-state index contributed by atoms with van der Waals surface area (Å²) >= 11 is 0. The number of alkyl halides is 6. The molecule has 0 saturated heterocycles. The number of esters is 1. The van der Waals surface area contributed by atoms with Crippen LogP contribution in [-0.2, 0) is 9.53 Å². The number of carbonyl (C=O) groups excluding carboxylic acids is 1. The minimum absolute atomic E-state index is 0.0218. The van der Waals surface area contributed by atoms with Crippen molar-refractivity contribution in [1.82, 2.24) is 0 Å². The van der Waals surface area contributed by atoms with E-state index in [4.69, 9.17) is 4.74 Å². The lowest BCUT2D eigenvalue weighted by atomic mass is 9.82. The van der Waals surface area contributed by atoms with E-state index in [9.17, 15) is 36.2 Å². The quantitative estimate of drug-likeness (QED) is 0.349. The number of carbonyl (C=O) groups is 1. The fourth-order valence-corrected chi connectivity index (χ4v) is 2.94. The van der Waals surface area contributed by atoms with E-state index < -0.39 is 42.9 Å². The van der Waals surface area contributed by atoms with Crippen LogP contribution in [0.2, 0.25) is 0 Å². The molecule has 1 N–H and O–H groups in total. The molecule has 1 atom stereocenters. The van der Waals surface area contributed by atoms with Gasteiger partial charge < -0.3 is 9.84 Å². The molecule has 3 nitrogen and oxygen atoms in total. The third-order valence-corrected chi connectivity index (χ3v) is 4.48. The van der Waals surface area contributed by atoms with Gasteiger partial charge >= 0.3 is 18.3 Å². The van der Waals surface area contributed by atoms with Crippen LogP contribution in [0.4, 0.5) is 26.3 Å². The number of halogens is 6. The van der Waals surface area contributed by atoms with Crippen molar-refractivity contribution in [1.29, 1.82) is 0 Å². The maximum atomic E-state index is 12.7. The van der Waals surface area contributed by atoms with Gasteiger partial charge in [0, 0.05) is 6.42 Å². The minimum atomic E-state index is -5.85. The molecule has 0 aliphatic heterocycles. The van der Waals surface area contributed by atoms with Gasteiger partial charge in [0.05, 0.1) is 0 Å². The van der Waals surface area contributed by atoms with E-state index >= 15 is 0 Å². The molecule has 1 aliphatic rings. The minimum Gasteiger partial charge on any atom is -0.462 e. The van der Waals surface area contributed by atoms with Gasteiger partial charge in [0.25, 0.3) is 5.60 Å². The third kappa shape index (κ3) is 7.71. The van der Waals surface area contributed by atoms with Crippen LogP contribution >= 0.6 is 0 Å². The van der Waals surface area contributed by atoms with E-state index in [0.717, 1.165) is 19.3 Å². The topological polar surface area (TPSA) is 46.5 Å². The molecule has 0 amide bonds. The van der Waals surface area contributed by atoms with Crippen molar-refractivity contribution in [2.24, 2.45) is 5.92 Å². The summed E-state index contributed by atoms with van der Waals surface area (Å²) in [5.41, 5.74) is -4.80. The second-order valence-electron chi connectivity index (χ2n) is 6.58. The van der Waals surface area contributed by atoms with Gasteiger partial charge in [0.15, 0.2) is 0 Å². The summed E-state index contributed by atoms with van der Waals surface area (Å²) in [7, 11) is 0. The molecule has 0 aromatic rings. The fraction of sp³-hybridized carbons (Fsp3) is 0.833. The zero-order valence-electron chi connectivity index (χ0n) is 15.6. The zero-order chi connectivity index (χ0) is 21.3. The van der Waals surface area contributed by atoms with Crippen molar-refractivity contribution in [3.05, 3.63) is 12.7 Å². The van der Waals surface area contributed by atoms with E-state index in [1.165, 1.54) is 6.92 Å². The van der Waals surface area contributed by atoms with Crippen molar-refractivity contribution in [2.75, 3.05) is 0 Å². The number of allylic oxidation sites excluding steroid dienone is 1. The lowest BCUT2D eigenvalue weighted by Crippen LogP contribution is -2.57. The highest BCUT2D eigenvalue weighted by Crippen LogP contribution is 2.46. The molecule has 1 fully saturated rings. The highest BCUT2D eigenvalue weighted by Gasteiger charge is 2.69. The van der Waals surface area contributed by atoms with Crippen molar-refractivity contribution < 1.29 is 41.0 Å². The summed E-state index contributed by atoms with van der Waals surface area (Å²) in [6.45, 7) is 6.74. The second kappa shape index (κ2) is 10.9. The summed E-state index contributed by atoms with van der Waals surface area (Å²) in [5, 5.41) is 9.23. The summed E-state index contributed by atoms with van der Waals surface area (Å²) in [4.78, 5) is 11.5. The molecule has 0 radical (unpaired) electrons. The molecule has 0 aromatic carbocycles. The Kier molecular flexibility index (Phi) is 10.4. The molecule has 1 unspecified atom stereocenters. The molecule has 27 heavy (non-hydrogen) atoms. The van der Waals surface area contributed by atoms with E-state index in [1.807, 2.05) is 6.92 Å². The van der Waals surface area contributed by atoms with Crippen molar-refractivity contribution >= 4 is 5.97 Å². The Labute approximate surface area is 155 Å². The first-order chi connectivity index (χ1) is 12.3. The first-order valence-electron chi connectivity index (χ1n) is 8.96. The Morgan fingerprint density at radius 1 is 1.15 bits per heavy atom. The van der Waals surface area contributed by atoms with E-state index in [0.29, 0.717) is 12.8 Å². The Bertz CT molecular complexity index is 439. The van der Waals surface area contributed by atoms with E-state index in [-0.39, 0.29) is 12.3 Å². The number of rotatable bonds is 6. The average molecular weight is 406 g/mol. The van der Waals surface area contributed by atoms with Crippen molar-refractivity contribution in [2.45, 2.75) is 89.3 Å². The number of ether oxygens (including phenoxy) is 1. The van der Waals surface area contributed by atoms with Crippen LogP contribution in [0, 0.1) is 5.92 Å². The molecule has 9 heteroatoms. The zero-order valence-corrected chi connectivity index (χ0v) is 15.6. The molecule has 0 spiro atoms. The van der Waals surface area contributed by atoms with Gasteiger partial charge in [-0.1, -0.05) is 32.3 Å². The number of hydrogen-bond acceptors (Lipinski definition) is 3. The first kappa shape index (κ1) is 25.8. The van der Waals surface area contributed by atoms with Crippen molar-refractivity contribution in [3.63, 3.8) is 0 Å². The Morgan fingerprint density at radius 2 is 1.59 bits per heavy atom. The Hall–Kier alpha value is -1.25. The second-order valence-corrected chi connectivity index (χ2v) is 6.58. The molecule has 0 heterocycles. The highest BCUT2D eigenvalue weighted by molar-refractivity contribution is 5.69.